The Balaban J connectivity index is 3.52. The van der Waals surface area contributed by atoms with Crippen molar-refractivity contribution in [1.82, 2.24) is 0 Å². The van der Waals surface area contributed by atoms with Gasteiger partial charge in [-0.05, 0) is 12.8 Å². The van der Waals surface area contributed by atoms with Crippen LogP contribution < -0.4 is 0 Å². The molecule has 102 valence electrons. The Morgan fingerprint density at radius 2 is 1.41 bits per heavy atom. The molecule has 0 aliphatic heterocycles. The van der Waals surface area contributed by atoms with Gasteiger partial charge in [-0.25, -0.2) is 0 Å². The van der Waals surface area contributed by atoms with Gasteiger partial charge in [0.15, 0.2) is 0 Å². The summed E-state index contributed by atoms with van der Waals surface area (Å²) in [7, 11) is 2.45. The molecule has 0 aliphatic carbocycles. The standard InChI is InChI=1S/C11H24O5Si/c1-14-17(15-2,16-3)10-8-6-4-5-7-9-11(12)13/h4-10H2,1-3H3,(H,12,13). The highest BCUT2D eigenvalue weighted by atomic mass is 28.4. The molecule has 0 heterocycles. The van der Waals surface area contributed by atoms with Crippen molar-refractivity contribution in [1.29, 1.82) is 0 Å². The number of rotatable bonds is 11. The molecular formula is C11H24O5Si. The summed E-state index contributed by atoms with van der Waals surface area (Å²) in [4.78, 5) is 10.3. The summed E-state index contributed by atoms with van der Waals surface area (Å²) < 4.78 is 15.9. The van der Waals surface area contributed by atoms with E-state index in [2.05, 4.69) is 0 Å². The third-order valence-corrected chi connectivity index (χ3v) is 5.64. The van der Waals surface area contributed by atoms with Crippen LogP contribution in [-0.2, 0) is 18.1 Å². The number of hydrogen-bond acceptors (Lipinski definition) is 4. The van der Waals surface area contributed by atoms with Crippen LogP contribution in [0.15, 0.2) is 0 Å². The number of carboxylic acid groups (broad SMARTS) is 1. The minimum absolute atomic E-state index is 0.271. The van der Waals surface area contributed by atoms with Crippen LogP contribution in [0, 0.1) is 0 Å². The highest BCUT2D eigenvalue weighted by Gasteiger charge is 2.36. The number of aliphatic carboxylic acids is 1. The molecule has 0 aromatic rings. The van der Waals surface area contributed by atoms with E-state index in [0.717, 1.165) is 38.1 Å². The lowest BCUT2D eigenvalue weighted by molar-refractivity contribution is -0.137. The van der Waals surface area contributed by atoms with Gasteiger partial charge in [0.1, 0.15) is 0 Å². The van der Waals surface area contributed by atoms with E-state index in [1.165, 1.54) is 0 Å². The first-order chi connectivity index (χ1) is 8.10. The van der Waals surface area contributed by atoms with Crippen LogP contribution in [0.5, 0.6) is 0 Å². The molecule has 0 aromatic carbocycles. The fourth-order valence-corrected chi connectivity index (χ4v) is 3.50. The van der Waals surface area contributed by atoms with Gasteiger partial charge in [0, 0.05) is 33.8 Å². The maximum Gasteiger partial charge on any atom is 0.500 e. The molecule has 0 bridgehead atoms. The third kappa shape index (κ3) is 7.48. The molecule has 0 aromatic heterocycles. The molecule has 17 heavy (non-hydrogen) atoms. The summed E-state index contributed by atoms with van der Waals surface area (Å²) in [5.74, 6) is -0.713. The van der Waals surface area contributed by atoms with Crippen molar-refractivity contribution in [2.45, 2.75) is 44.6 Å². The van der Waals surface area contributed by atoms with Gasteiger partial charge in [0.05, 0.1) is 0 Å². The molecule has 0 atom stereocenters. The molecule has 0 spiro atoms. The van der Waals surface area contributed by atoms with E-state index < -0.39 is 14.8 Å². The van der Waals surface area contributed by atoms with Crippen molar-refractivity contribution in [3.8, 4) is 0 Å². The largest absolute Gasteiger partial charge is 0.500 e. The zero-order valence-corrected chi connectivity index (χ0v) is 12.0. The summed E-state index contributed by atoms with van der Waals surface area (Å²) >= 11 is 0. The van der Waals surface area contributed by atoms with Crippen LogP contribution in [0.3, 0.4) is 0 Å². The van der Waals surface area contributed by atoms with Crippen molar-refractivity contribution in [3.05, 3.63) is 0 Å². The minimum atomic E-state index is -2.40. The third-order valence-electron chi connectivity index (χ3n) is 2.81. The van der Waals surface area contributed by atoms with E-state index in [0.29, 0.717) is 0 Å². The topological polar surface area (TPSA) is 65.0 Å². The molecule has 5 nitrogen and oxygen atoms in total. The van der Waals surface area contributed by atoms with Gasteiger partial charge in [-0.3, -0.25) is 4.79 Å². The summed E-state index contributed by atoms with van der Waals surface area (Å²) in [6.45, 7) is 0. The van der Waals surface area contributed by atoms with E-state index in [-0.39, 0.29) is 6.42 Å². The number of carboxylic acids is 1. The minimum Gasteiger partial charge on any atom is -0.481 e. The number of hydrogen-bond donors (Lipinski definition) is 1. The summed E-state index contributed by atoms with van der Waals surface area (Å²) in [6.07, 6.45) is 5.10. The Morgan fingerprint density at radius 3 is 1.88 bits per heavy atom. The Kier molecular flexibility index (Phi) is 9.34. The second kappa shape index (κ2) is 9.58. The van der Waals surface area contributed by atoms with Crippen LogP contribution in [0.2, 0.25) is 6.04 Å². The average molecular weight is 264 g/mol. The van der Waals surface area contributed by atoms with E-state index in [4.69, 9.17) is 18.4 Å². The first-order valence-electron chi connectivity index (χ1n) is 5.97. The van der Waals surface area contributed by atoms with Crippen LogP contribution in [0.4, 0.5) is 0 Å². The maximum absolute atomic E-state index is 10.3. The van der Waals surface area contributed by atoms with Crippen molar-refractivity contribution in [3.63, 3.8) is 0 Å². The van der Waals surface area contributed by atoms with Crippen molar-refractivity contribution in [2.75, 3.05) is 21.3 Å². The Bertz CT molecular complexity index is 198. The quantitative estimate of drug-likeness (QED) is 0.458. The molecular weight excluding hydrogens is 240 g/mol. The fourth-order valence-electron chi connectivity index (χ4n) is 1.70. The highest BCUT2D eigenvalue weighted by molar-refractivity contribution is 6.60. The number of unbranched alkanes of at least 4 members (excludes halogenated alkanes) is 4. The number of carbonyl (C=O) groups is 1. The van der Waals surface area contributed by atoms with E-state index >= 15 is 0 Å². The fraction of sp³-hybridized carbons (Fsp3) is 0.909. The molecule has 0 saturated carbocycles. The predicted octanol–water partition coefficient (Wildman–Crippen LogP) is 2.29. The second-order valence-electron chi connectivity index (χ2n) is 3.96. The zero-order chi connectivity index (χ0) is 13.1. The van der Waals surface area contributed by atoms with Gasteiger partial charge < -0.3 is 18.4 Å². The van der Waals surface area contributed by atoms with Crippen molar-refractivity contribution in [2.24, 2.45) is 0 Å². The van der Waals surface area contributed by atoms with Crippen LogP contribution in [0.1, 0.15) is 38.5 Å². The lowest BCUT2D eigenvalue weighted by atomic mass is 10.1. The molecule has 0 fully saturated rings. The van der Waals surface area contributed by atoms with Crippen molar-refractivity contribution >= 4 is 14.8 Å². The van der Waals surface area contributed by atoms with Gasteiger partial charge in [-0.2, -0.15) is 0 Å². The van der Waals surface area contributed by atoms with Gasteiger partial charge in [-0.15, -0.1) is 0 Å². The normalized spacial score (nSPS) is 11.7. The first-order valence-corrected chi connectivity index (χ1v) is 7.90. The SMILES string of the molecule is CO[Si](CCCCCCCC(=O)O)(OC)OC. The molecule has 0 saturated heterocycles. The van der Waals surface area contributed by atoms with Gasteiger partial charge in [-0.1, -0.05) is 19.3 Å². The van der Waals surface area contributed by atoms with E-state index in [9.17, 15) is 4.79 Å². The highest BCUT2D eigenvalue weighted by Crippen LogP contribution is 2.18. The molecule has 0 amide bonds. The average Bonchev–Trinajstić information content (AvgIpc) is 2.33. The molecule has 6 heteroatoms. The maximum atomic E-state index is 10.3. The Morgan fingerprint density at radius 1 is 0.941 bits per heavy atom. The van der Waals surface area contributed by atoms with Gasteiger partial charge in [0.2, 0.25) is 0 Å². The van der Waals surface area contributed by atoms with E-state index in [1.54, 1.807) is 21.3 Å². The lowest BCUT2D eigenvalue weighted by Crippen LogP contribution is -2.42. The van der Waals surface area contributed by atoms with Gasteiger partial charge >= 0.3 is 14.8 Å². The predicted molar refractivity (Wildman–Crippen MR) is 66.9 cm³/mol. The summed E-state index contributed by atoms with van der Waals surface area (Å²) in [5.41, 5.74) is 0. The molecule has 0 aliphatic rings. The van der Waals surface area contributed by atoms with Gasteiger partial charge in [0.25, 0.3) is 0 Å². The molecule has 1 N–H and O–H groups in total. The lowest BCUT2D eigenvalue weighted by Gasteiger charge is -2.24. The van der Waals surface area contributed by atoms with Crippen LogP contribution in [-0.4, -0.2) is 41.2 Å². The van der Waals surface area contributed by atoms with Crippen LogP contribution >= 0.6 is 0 Å². The van der Waals surface area contributed by atoms with Crippen molar-refractivity contribution < 1.29 is 23.2 Å². The molecule has 0 rings (SSSR count). The zero-order valence-electron chi connectivity index (χ0n) is 11.0. The first kappa shape index (κ1) is 16.6. The van der Waals surface area contributed by atoms with E-state index in [1.807, 2.05) is 0 Å². The molecule has 0 unspecified atom stereocenters. The Hall–Kier alpha value is -0.433. The monoisotopic (exact) mass is 264 g/mol. The second-order valence-corrected chi connectivity index (χ2v) is 7.05. The Labute approximate surface area is 104 Å². The summed E-state index contributed by atoms with van der Waals surface area (Å²) in [5, 5.41) is 8.47. The van der Waals surface area contributed by atoms with Crippen LogP contribution in [0.25, 0.3) is 0 Å². The smallest absolute Gasteiger partial charge is 0.481 e. The summed E-state index contributed by atoms with van der Waals surface area (Å²) in [6, 6.07) is 0.815. The molecule has 0 radical (unpaired) electrons.